The SMILES string of the molecule is CC(C)CC(C)(CN)Nc1ccc2c(n1)CCC2. The molecule has 0 aliphatic heterocycles. The molecule has 0 radical (unpaired) electrons. The van der Waals surface area contributed by atoms with Crippen LogP contribution in [0.1, 0.15) is 44.9 Å². The highest BCUT2D eigenvalue weighted by Crippen LogP contribution is 2.25. The number of aromatic nitrogens is 1. The molecule has 3 heteroatoms. The van der Waals surface area contributed by atoms with E-state index in [0.29, 0.717) is 12.5 Å². The van der Waals surface area contributed by atoms with Gasteiger partial charge in [-0.3, -0.25) is 0 Å². The van der Waals surface area contributed by atoms with Gasteiger partial charge in [-0.15, -0.1) is 0 Å². The van der Waals surface area contributed by atoms with Crippen LogP contribution >= 0.6 is 0 Å². The quantitative estimate of drug-likeness (QED) is 0.841. The molecular formula is C15H25N3. The second-order valence-electron chi connectivity index (χ2n) is 6.14. The zero-order chi connectivity index (χ0) is 13.2. The molecular weight excluding hydrogens is 222 g/mol. The van der Waals surface area contributed by atoms with Crippen LogP contribution in [0.5, 0.6) is 0 Å². The van der Waals surface area contributed by atoms with E-state index in [2.05, 4.69) is 38.2 Å². The molecule has 1 unspecified atom stereocenters. The predicted octanol–water partition coefficient (Wildman–Crippen LogP) is 2.75. The van der Waals surface area contributed by atoms with Crippen LogP contribution in [0.4, 0.5) is 5.82 Å². The zero-order valence-electron chi connectivity index (χ0n) is 11.8. The summed E-state index contributed by atoms with van der Waals surface area (Å²) in [6.07, 6.45) is 4.60. The highest BCUT2D eigenvalue weighted by molar-refractivity contribution is 5.42. The summed E-state index contributed by atoms with van der Waals surface area (Å²) >= 11 is 0. The van der Waals surface area contributed by atoms with Crippen molar-refractivity contribution in [1.82, 2.24) is 4.98 Å². The van der Waals surface area contributed by atoms with Crippen LogP contribution in [0.25, 0.3) is 0 Å². The molecule has 1 atom stereocenters. The molecule has 100 valence electrons. The molecule has 1 heterocycles. The Morgan fingerprint density at radius 3 is 2.83 bits per heavy atom. The molecule has 0 fully saturated rings. The van der Waals surface area contributed by atoms with Crippen LogP contribution in [-0.2, 0) is 12.8 Å². The highest BCUT2D eigenvalue weighted by Gasteiger charge is 2.24. The van der Waals surface area contributed by atoms with E-state index in [4.69, 9.17) is 10.7 Å². The number of nitrogens with zero attached hydrogens (tertiary/aromatic N) is 1. The molecule has 2 rings (SSSR count). The summed E-state index contributed by atoms with van der Waals surface area (Å²) in [7, 11) is 0. The van der Waals surface area contributed by atoms with Gasteiger partial charge in [0, 0.05) is 17.8 Å². The summed E-state index contributed by atoms with van der Waals surface area (Å²) in [6.45, 7) is 7.27. The average molecular weight is 247 g/mol. The van der Waals surface area contributed by atoms with Crippen molar-refractivity contribution in [2.24, 2.45) is 11.7 Å². The van der Waals surface area contributed by atoms with Crippen LogP contribution in [-0.4, -0.2) is 17.1 Å². The molecule has 0 amide bonds. The Morgan fingerprint density at radius 2 is 2.17 bits per heavy atom. The number of pyridine rings is 1. The maximum atomic E-state index is 5.93. The zero-order valence-corrected chi connectivity index (χ0v) is 11.8. The third-order valence-electron chi connectivity index (χ3n) is 3.67. The second-order valence-corrected chi connectivity index (χ2v) is 6.14. The van der Waals surface area contributed by atoms with Crippen LogP contribution in [0.2, 0.25) is 0 Å². The van der Waals surface area contributed by atoms with E-state index in [0.717, 1.165) is 18.7 Å². The maximum absolute atomic E-state index is 5.93. The van der Waals surface area contributed by atoms with Gasteiger partial charge in [0.1, 0.15) is 5.82 Å². The van der Waals surface area contributed by atoms with Gasteiger partial charge in [-0.05, 0) is 50.2 Å². The standard InChI is InChI=1S/C15H25N3/c1-11(2)9-15(3,10-16)18-14-8-7-12-5-4-6-13(12)17-14/h7-8,11H,4-6,9-10,16H2,1-3H3,(H,17,18). The van der Waals surface area contributed by atoms with Crippen molar-refractivity contribution in [3.05, 3.63) is 23.4 Å². The van der Waals surface area contributed by atoms with Crippen LogP contribution in [0.3, 0.4) is 0 Å². The molecule has 0 spiro atoms. The minimum absolute atomic E-state index is 0.0615. The number of anilines is 1. The molecule has 0 saturated heterocycles. The number of rotatable bonds is 5. The average Bonchev–Trinajstić information content (AvgIpc) is 2.75. The van der Waals surface area contributed by atoms with Crippen molar-refractivity contribution in [2.45, 2.75) is 52.0 Å². The topological polar surface area (TPSA) is 50.9 Å². The van der Waals surface area contributed by atoms with E-state index in [1.165, 1.54) is 24.1 Å². The lowest BCUT2D eigenvalue weighted by Gasteiger charge is -2.32. The molecule has 1 aromatic heterocycles. The summed E-state index contributed by atoms with van der Waals surface area (Å²) < 4.78 is 0. The van der Waals surface area contributed by atoms with Gasteiger partial charge in [0.25, 0.3) is 0 Å². The van der Waals surface area contributed by atoms with Crippen LogP contribution < -0.4 is 11.1 Å². The van der Waals surface area contributed by atoms with Crippen LogP contribution in [0.15, 0.2) is 12.1 Å². The number of hydrogen-bond donors (Lipinski definition) is 2. The van der Waals surface area contributed by atoms with Gasteiger partial charge in [0.05, 0.1) is 0 Å². The Bertz CT molecular complexity index is 414. The summed E-state index contributed by atoms with van der Waals surface area (Å²) in [4.78, 5) is 4.73. The first-order chi connectivity index (χ1) is 8.52. The Hall–Kier alpha value is -1.09. The predicted molar refractivity (Wildman–Crippen MR) is 76.8 cm³/mol. The van der Waals surface area contributed by atoms with Gasteiger partial charge < -0.3 is 11.1 Å². The number of fused-ring (bicyclic) bond motifs is 1. The largest absolute Gasteiger partial charge is 0.364 e. The number of nitrogens with two attached hydrogens (primary N) is 1. The highest BCUT2D eigenvalue weighted by atomic mass is 15.1. The van der Waals surface area contributed by atoms with Crippen molar-refractivity contribution in [1.29, 1.82) is 0 Å². The lowest BCUT2D eigenvalue weighted by atomic mass is 9.91. The first kappa shape index (κ1) is 13.3. The Labute approximate surface area is 110 Å². The van der Waals surface area contributed by atoms with Gasteiger partial charge in [-0.1, -0.05) is 19.9 Å². The molecule has 1 aromatic rings. The molecule has 0 saturated carbocycles. The maximum Gasteiger partial charge on any atom is 0.126 e. The first-order valence-corrected chi connectivity index (χ1v) is 6.99. The second kappa shape index (κ2) is 5.27. The van der Waals surface area contributed by atoms with Crippen molar-refractivity contribution < 1.29 is 0 Å². The molecule has 3 N–H and O–H groups in total. The minimum atomic E-state index is -0.0615. The normalized spacial score (nSPS) is 17.6. The van der Waals surface area contributed by atoms with Gasteiger partial charge >= 0.3 is 0 Å². The van der Waals surface area contributed by atoms with Crippen molar-refractivity contribution in [2.75, 3.05) is 11.9 Å². The van der Waals surface area contributed by atoms with E-state index in [-0.39, 0.29) is 5.54 Å². The summed E-state index contributed by atoms with van der Waals surface area (Å²) in [5.74, 6) is 1.60. The van der Waals surface area contributed by atoms with Gasteiger partial charge in [-0.2, -0.15) is 0 Å². The third kappa shape index (κ3) is 3.02. The minimum Gasteiger partial charge on any atom is -0.364 e. The monoisotopic (exact) mass is 247 g/mol. The van der Waals surface area contributed by atoms with Crippen molar-refractivity contribution >= 4 is 5.82 Å². The summed E-state index contributed by atoms with van der Waals surface area (Å²) in [5.41, 5.74) is 8.55. The molecule has 1 aliphatic rings. The Kier molecular flexibility index (Phi) is 3.91. The lowest BCUT2D eigenvalue weighted by Crippen LogP contribution is -2.43. The van der Waals surface area contributed by atoms with E-state index in [9.17, 15) is 0 Å². The molecule has 0 bridgehead atoms. The smallest absolute Gasteiger partial charge is 0.126 e. The van der Waals surface area contributed by atoms with E-state index in [1.54, 1.807) is 0 Å². The number of aryl methyl sites for hydroxylation is 2. The Morgan fingerprint density at radius 1 is 1.39 bits per heavy atom. The molecule has 18 heavy (non-hydrogen) atoms. The number of hydrogen-bond acceptors (Lipinski definition) is 3. The van der Waals surface area contributed by atoms with Gasteiger partial charge in [-0.25, -0.2) is 4.98 Å². The fourth-order valence-corrected chi connectivity index (χ4v) is 2.89. The summed E-state index contributed by atoms with van der Waals surface area (Å²) in [6, 6.07) is 4.31. The van der Waals surface area contributed by atoms with Crippen molar-refractivity contribution in [3.63, 3.8) is 0 Å². The first-order valence-electron chi connectivity index (χ1n) is 6.99. The fraction of sp³-hybridized carbons (Fsp3) is 0.667. The lowest BCUT2D eigenvalue weighted by molar-refractivity contribution is 0.406. The van der Waals surface area contributed by atoms with E-state index >= 15 is 0 Å². The Balaban J connectivity index is 2.12. The van der Waals surface area contributed by atoms with E-state index < -0.39 is 0 Å². The molecule has 3 nitrogen and oxygen atoms in total. The van der Waals surface area contributed by atoms with Gasteiger partial charge in [0.2, 0.25) is 0 Å². The third-order valence-corrected chi connectivity index (χ3v) is 3.67. The van der Waals surface area contributed by atoms with E-state index in [1.807, 2.05) is 0 Å². The molecule has 0 aromatic carbocycles. The summed E-state index contributed by atoms with van der Waals surface area (Å²) in [5, 5.41) is 3.53. The van der Waals surface area contributed by atoms with Crippen molar-refractivity contribution in [3.8, 4) is 0 Å². The van der Waals surface area contributed by atoms with Gasteiger partial charge in [0.15, 0.2) is 0 Å². The molecule has 1 aliphatic carbocycles. The number of nitrogens with one attached hydrogen (secondary N) is 1. The van der Waals surface area contributed by atoms with Crippen LogP contribution in [0, 0.1) is 5.92 Å². The fourth-order valence-electron chi connectivity index (χ4n) is 2.89.